The molecule has 0 aliphatic carbocycles. The number of rotatable bonds is 5. The predicted molar refractivity (Wildman–Crippen MR) is 75.4 cm³/mol. The predicted octanol–water partition coefficient (Wildman–Crippen LogP) is 1.75. The van der Waals surface area contributed by atoms with Crippen LogP contribution >= 0.6 is 28.1 Å². The quantitative estimate of drug-likeness (QED) is 0.832. The Hall–Kier alpha value is -0.500. The van der Waals surface area contributed by atoms with E-state index in [9.17, 15) is 8.42 Å². The molecular weight excluding hydrogens is 324 g/mol. The second-order valence-electron chi connectivity index (χ2n) is 3.35. The van der Waals surface area contributed by atoms with Crippen molar-refractivity contribution >= 4 is 43.2 Å². The minimum atomic E-state index is -3.52. The fourth-order valence-electron chi connectivity index (χ4n) is 1.30. The van der Waals surface area contributed by atoms with Crippen molar-refractivity contribution in [2.45, 2.75) is 11.8 Å². The van der Waals surface area contributed by atoms with Gasteiger partial charge in [0.15, 0.2) is 0 Å². The van der Waals surface area contributed by atoms with E-state index in [1.165, 1.54) is 4.31 Å². The highest BCUT2D eigenvalue weighted by Gasteiger charge is 2.23. The number of likely N-dealkylation sites (N-methyl/N-ethyl adjacent to an activating group) is 1. The van der Waals surface area contributed by atoms with E-state index < -0.39 is 10.0 Å². The van der Waals surface area contributed by atoms with Crippen molar-refractivity contribution in [2.75, 3.05) is 13.1 Å². The number of nitrogens with zero attached hydrogens (tertiary/aromatic N) is 1. The maximum absolute atomic E-state index is 12.2. The van der Waals surface area contributed by atoms with Crippen LogP contribution in [0.15, 0.2) is 33.6 Å². The van der Waals surface area contributed by atoms with Gasteiger partial charge in [0.05, 0.1) is 16.4 Å². The Bertz CT molecular complexity index is 500. The number of halogens is 1. The topological polar surface area (TPSA) is 63.4 Å². The van der Waals surface area contributed by atoms with Crippen LogP contribution in [0.5, 0.6) is 0 Å². The zero-order chi connectivity index (χ0) is 13.1. The molecule has 0 saturated heterocycles. The molecule has 94 valence electrons. The third-order valence-electron chi connectivity index (χ3n) is 2.14. The Kier molecular flexibility index (Phi) is 5.05. The molecular formula is C10H13BrN2O2S2. The number of hydrogen-bond donors (Lipinski definition) is 1. The van der Waals surface area contributed by atoms with Gasteiger partial charge in [0.1, 0.15) is 0 Å². The maximum Gasteiger partial charge on any atom is 0.243 e. The van der Waals surface area contributed by atoms with Crippen molar-refractivity contribution in [3.8, 4) is 0 Å². The number of sulfonamides is 1. The van der Waals surface area contributed by atoms with Crippen LogP contribution in [-0.4, -0.2) is 30.8 Å². The molecule has 0 aliphatic heterocycles. The average Bonchev–Trinajstić information content (AvgIpc) is 2.26. The summed E-state index contributed by atoms with van der Waals surface area (Å²) in [4.78, 5) is 0.395. The molecule has 0 spiro atoms. The summed E-state index contributed by atoms with van der Waals surface area (Å²) in [5.74, 6) is 0. The fourth-order valence-corrected chi connectivity index (χ4v) is 3.23. The molecule has 0 aromatic heterocycles. The molecule has 0 aliphatic rings. The molecule has 2 N–H and O–H groups in total. The smallest absolute Gasteiger partial charge is 0.243 e. The Morgan fingerprint density at radius 1 is 1.41 bits per heavy atom. The Labute approximate surface area is 115 Å². The Balaban J connectivity index is 3.08. The summed E-state index contributed by atoms with van der Waals surface area (Å²) in [6.45, 7) is 2.13. The highest BCUT2D eigenvalue weighted by Crippen LogP contribution is 2.18. The highest BCUT2D eigenvalue weighted by atomic mass is 79.9. The molecule has 1 aromatic carbocycles. The van der Waals surface area contributed by atoms with E-state index in [0.717, 1.165) is 4.47 Å². The molecule has 1 aromatic rings. The van der Waals surface area contributed by atoms with Crippen LogP contribution in [0.3, 0.4) is 0 Å². The molecule has 4 nitrogen and oxygen atoms in total. The Morgan fingerprint density at radius 3 is 2.35 bits per heavy atom. The van der Waals surface area contributed by atoms with Crippen molar-refractivity contribution in [3.63, 3.8) is 0 Å². The van der Waals surface area contributed by atoms with Crippen LogP contribution < -0.4 is 5.73 Å². The highest BCUT2D eigenvalue weighted by molar-refractivity contribution is 9.10. The average molecular weight is 337 g/mol. The van der Waals surface area contributed by atoms with Gasteiger partial charge in [-0.3, -0.25) is 0 Å². The summed E-state index contributed by atoms with van der Waals surface area (Å²) in [6.07, 6.45) is 0. The SMILES string of the molecule is CCN(CC(N)=S)S(=O)(=O)c1ccc(Br)cc1. The number of thiocarbonyl (C=S) groups is 1. The van der Waals surface area contributed by atoms with Crippen LogP contribution in [0.25, 0.3) is 0 Å². The number of benzene rings is 1. The van der Waals surface area contributed by atoms with Crippen molar-refractivity contribution in [2.24, 2.45) is 5.73 Å². The second kappa shape index (κ2) is 5.90. The first kappa shape index (κ1) is 14.6. The lowest BCUT2D eigenvalue weighted by Gasteiger charge is -2.19. The van der Waals surface area contributed by atoms with Gasteiger partial charge in [0.25, 0.3) is 0 Å². The van der Waals surface area contributed by atoms with Crippen molar-refractivity contribution in [3.05, 3.63) is 28.7 Å². The van der Waals surface area contributed by atoms with Crippen molar-refractivity contribution < 1.29 is 8.42 Å². The van der Waals surface area contributed by atoms with E-state index in [1.54, 1.807) is 31.2 Å². The number of nitrogens with two attached hydrogens (primary N) is 1. The minimum Gasteiger partial charge on any atom is -0.392 e. The van der Waals surface area contributed by atoms with Gasteiger partial charge in [-0.05, 0) is 24.3 Å². The summed E-state index contributed by atoms with van der Waals surface area (Å²) >= 11 is 8.00. The Morgan fingerprint density at radius 2 is 1.94 bits per heavy atom. The van der Waals surface area contributed by atoms with Crippen LogP contribution in [0.2, 0.25) is 0 Å². The van der Waals surface area contributed by atoms with Crippen molar-refractivity contribution in [1.29, 1.82) is 0 Å². The molecule has 1 rings (SSSR count). The zero-order valence-corrected chi connectivity index (χ0v) is 12.5. The molecule has 0 saturated carbocycles. The van der Waals surface area contributed by atoms with Crippen LogP contribution in [-0.2, 0) is 10.0 Å². The molecule has 0 atom stereocenters. The summed E-state index contributed by atoms with van der Waals surface area (Å²) < 4.78 is 26.5. The molecule has 17 heavy (non-hydrogen) atoms. The molecule has 0 heterocycles. The van der Waals surface area contributed by atoms with E-state index in [-0.39, 0.29) is 16.4 Å². The van der Waals surface area contributed by atoms with Gasteiger partial charge >= 0.3 is 0 Å². The molecule has 0 radical (unpaired) electrons. The van der Waals surface area contributed by atoms with Crippen LogP contribution in [0.1, 0.15) is 6.92 Å². The standard InChI is InChI=1S/C10H13BrN2O2S2/c1-2-13(7-10(12)16)17(14,15)9-5-3-8(11)4-6-9/h3-6H,2,7H2,1H3,(H2,12,16). The largest absolute Gasteiger partial charge is 0.392 e. The lowest BCUT2D eigenvalue weighted by Crippen LogP contribution is -2.37. The van der Waals surface area contributed by atoms with Crippen LogP contribution in [0, 0.1) is 0 Å². The summed E-state index contributed by atoms with van der Waals surface area (Å²) in [7, 11) is -3.52. The molecule has 7 heteroatoms. The van der Waals surface area contributed by atoms with E-state index in [1.807, 2.05) is 0 Å². The lowest BCUT2D eigenvalue weighted by molar-refractivity contribution is 0.468. The van der Waals surface area contributed by atoms with E-state index >= 15 is 0 Å². The minimum absolute atomic E-state index is 0.0598. The summed E-state index contributed by atoms with van der Waals surface area (Å²) in [5.41, 5.74) is 5.39. The number of hydrogen-bond acceptors (Lipinski definition) is 3. The van der Waals surface area contributed by atoms with E-state index in [0.29, 0.717) is 6.54 Å². The van der Waals surface area contributed by atoms with Gasteiger partial charge in [-0.15, -0.1) is 0 Å². The van der Waals surface area contributed by atoms with Gasteiger partial charge in [-0.1, -0.05) is 35.1 Å². The monoisotopic (exact) mass is 336 g/mol. The van der Waals surface area contributed by atoms with Gasteiger partial charge < -0.3 is 5.73 Å². The van der Waals surface area contributed by atoms with Gasteiger partial charge in [-0.2, -0.15) is 4.31 Å². The third kappa shape index (κ3) is 3.74. The molecule has 0 fully saturated rings. The normalized spacial score (nSPS) is 11.7. The van der Waals surface area contributed by atoms with Gasteiger partial charge in [0, 0.05) is 11.0 Å². The maximum atomic E-state index is 12.2. The first-order valence-electron chi connectivity index (χ1n) is 4.92. The summed E-state index contributed by atoms with van der Waals surface area (Å²) in [5, 5.41) is 0. The molecule has 0 unspecified atom stereocenters. The van der Waals surface area contributed by atoms with E-state index in [2.05, 4.69) is 15.9 Å². The van der Waals surface area contributed by atoms with Crippen LogP contribution in [0.4, 0.5) is 0 Å². The van der Waals surface area contributed by atoms with E-state index in [4.69, 9.17) is 18.0 Å². The molecule has 0 bridgehead atoms. The lowest BCUT2D eigenvalue weighted by atomic mass is 10.4. The first-order valence-corrected chi connectivity index (χ1v) is 7.56. The third-order valence-corrected chi connectivity index (χ3v) is 4.73. The van der Waals surface area contributed by atoms with Gasteiger partial charge in [-0.25, -0.2) is 8.42 Å². The zero-order valence-electron chi connectivity index (χ0n) is 9.26. The summed E-state index contributed by atoms with van der Waals surface area (Å²) in [6, 6.07) is 6.45. The molecule has 0 amide bonds. The second-order valence-corrected chi connectivity index (χ2v) is 6.73. The van der Waals surface area contributed by atoms with Gasteiger partial charge in [0.2, 0.25) is 10.0 Å². The first-order chi connectivity index (χ1) is 7.87. The van der Waals surface area contributed by atoms with Crippen molar-refractivity contribution in [1.82, 2.24) is 4.31 Å². The fraction of sp³-hybridized carbons (Fsp3) is 0.300.